The molecule has 0 amide bonds. The molecule has 2 aromatic carbocycles. The second kappa shape index (κ2) is 16.0. The van der Waals surface area contributed by atoms with Gasteiger partial charge in [0.1, 0.15) is 17.4 Å². The Hall–Kier alpha value is -2.04. The lowest BCUT2D eigenvalue weighted by molar-refractivity contribution is 0.276. The number of nitrogens with zero attached hydrogens (tertiary/aromatic N) is 3. The monoisotopic (exact) mass is 545 g/mol. The van der Waals surface area contributed by atoms with E-state index >= 15 is 0 Å². The molecule has 1 aromatic heterocycles. The van der Waals surface area contributed by atoms with Crippen molar-refractivity contribution in [3.8, 4) is 5.75 Å². The number of hydrogen-bond acceptors (Lipinski definition) is 4. The summed E-state index contributed by atoms with van der Waals surface area (Å²) in [5, 5.41) is 2.33. The highest BCUT2D eigenvalue weighted by molar-refractivity contribution is 6.35. The van der Waals surface area contributed by atoms with E-state index in [0.717, 1.165) is 52.1 Å². The molecule has 0 spiro atoms. The van der Waals surface area contributed by atoms with E-state index < -0.39 is 0 Å². The van der Waals surface area contributed by atoms with Crippen LogP contribution in [0.25, 0.3) is 10.9 Å². The molecule has 204 valence electrons. The lowest BCUT2D eigenvalue weighted by Gasteiger charge is -2.25. The van der Waals surface area contributed by atoms with Crippen LogP contribution in [0.15, 0.2) is 36.4 Å². The molecule has 0 atom stereocenters. The fourth-order valence-electron chi connectivity index (χ4n) is 4.62. The van der Waals surface area contributed by atoms with E-state index in [1.165, 1.54) is 38.5 Å². The summed E-state index contributed by atoms with van der Waals surface area (Å²) in [5.74, 6) is 4.64. The summed E-state index contributed by atoms with van der Waals surface area (Å²) in [7, 11) is 3.99. The van der Waals surface area contributed by atoms with Gasteiger partial charge in [-0.2, -0.15) is 0 Å². The van der Waals surface area contributed by atoms with E-state index in [2.05, 4.69) is 30.7 Å². The summed E-state index contributed by atoms with van der Waals surface area (Å²) in [4.78, 5) is 10.8. The molecule has 0 radical (unpaired) electrons. The first-order chi connectivity index (χ1) is 17.7. The van der Waals surface area contributed by atoms with Crippen molar-refractivity contribution >= 4 is 39.9 Å². The van der Waals surface area contributed by atoms with Crippen LogP contribution in [-0.2, 0) is 0 Å². The van der Waals surface area contributed by atoms with Crippen molar-refractivity contribution in [2.45, 2.75) is 79.6 Å². The second-order valence-corrected chi connectivity index (χ2v) is 11.1. The van der Waals surface area contributed by atoms with E-state index in [4.69, 9.17) is 27.9 Å². The van der Waals surface area contributed by atoms with Crippen LogP contribution in [0.4, 0.5) is 5.82 Å². The van der Waals surface area contributed by atoms with E-state index in [9.17, 15) is 0 Å². The molecule has 1 aliphatic carbocycles. The van der Waals surface area contributed by atoms with Crippen LogP contribution in [0.1, 0.15) is 77.1 Å². The summed E-state index contributed by atoms with van der Waals surface area (Å²) in [5.41, 5.74) is 1.98. The van der Waals surface area contributed by atoms with E-state index in [0.29, 0.717) is 16.7 Å². The zero-order chi connectivity index (χ0) is 27.4. The lowest BCUT2D eigenvalue weighted by Crippen LogP contribution is -2.12. The molecule has 0 aliphatic heterocycles. The Morgan fingerprint density at radius 2 is 1.62 bits per heavy atom. The summed E-state index contributed by atoms with van der Waals surface area (Å²) >= 11 is 11.8. The molecular formula is C31H45Cl2N3O. The number of benzene rings is 2. The number of hydrogen-bond donors (Lipinski definition) is 0. The number of aromatic nitrogens is 2. The molecule has 0 bridgehead atoms. The second-order valence-electron chi connectivity index (χ2n) is 10.3. The summed E-state index contributed by atoms with van der Waals surface area (Å²) < 4.78 is 5.48. The van der Waals surface area contributed by atoms with Gasteiger partial charge in [0.15, 0.2) is 0 Å². The Morgan fingerprint density at radius 1 is 0.946 bits per heavy atom. The summed E-state index contributed by atoms with van der Waals surface area (Å²) in [6.07, 6.45) is 9.84. The van der Waals surface area contributed by atoms with Gasteiger partial charge in [0.2, 0.25) is 0 Å². The highest BCUT2D eigenvalue weighted by Crippen LogP contribution is 2.32. The normalized spacial score (nSPS) is 16.8. The highest BCUT2D eigenvalue weighted by Gasteiger charge is 2.16. The quantitative estimate of drug-likeness (QED) is 0.308. The molecular weight excluding hydrogens is 501 g/mol. The van der Waals surface area contributed by atoms with Crippen LogP contribution in [0.2, 0.25) is 10.0 Å². The minimum atomic E-state index is 0.582. The minimum Gasteiger partial charge on any atom is -0.492 e. The van der Waals surface area contributed by atoms with Crippen LogP contribution in [-0.4, -0.2) is 30.7 Å². The molecule has 3 aromatic rings. The van der Waals surface area contributed by atoms with Crippen molar-refractivity contribution in [1.82, 2.24) is 9.97 Å². The van der Waals surface area contributed by atoms with Crippen molar-refractivity contribution < 1.29 is 4.74 Å². The van der Waals surface area contributed by atoms with E-state index in [-0.39, 0.29) is 0 Å². The van der Waals surface area contributed by atoms with Gasteiger partial charge in [-0.1, -0.05) is 94.6 Å². The zero-order valence-electron chi connectivity index (χ0n) is 23.8. The molecule has 6 heteroatoms. The molecule has 37 heavy (non-hydrogen) atoms. The third kappa shape index (κ3) is 10.3. The van der Waals surface area contributed by atoms with Crippen molar-refractivity contribution in [1.29, 1.82) is 0 Å². The van der Waals surface area contributed by atoms with Gasteiger partial charge in [0.05, 0.1) is 17.1 Å². The largest absolute Gasteiger partial charge is 0.492 e. The van der Waals surface area contributed by atoms with Gasteiger partial charge in [0, 0.05) is 24.5 Å². The van der Waals surface area contributed by atoms with Crippen LogP contribution >= 0.6 is 23.2 Å². The van der Waals surface area contributed by atoms with Gasteiger partial charge >= 0.3 is 0 Å². The number of anilines is 1. The maximum Gasteiger partial charge on any atom is 0.140 e. The average molecular weight is 547 g/mol. The highest BCUT2D eigenvalue weighted by atomic mass is 35.5. The number of aryl methyl sites for hydroxylation is 2. The van der Waals surface area contributed by atoms with Gasteiger partial charge in [-0.05, 0) is 61.9 Å². The first-order valence-corrected chi connectivity index (χ1v) is 14.4. The Bertz CT molecular complexity index is 1070. The van der Waals surface area contributed by atoms with Gasteiger partial charge in [-0.15, -0.1) is 0 Å². The molecule has 1 aliphatic rings. The Labute approximate surface area is 234 Å². The third-order valence-corrected chi connectivity index (χ3v) is 7.09. The molecule has 1 fully saturated rings. The third-order valence-electron chi connectivity index (χ3n) is 6.60. The van der Waals surface area contributed by atoms with Gasteiger partial charge in [0.25, 0.3) is 0 Å². The van der Waals surface area contributed by atoms with Crippen LogP contribution in [0.3, 0.4) is 0 Å². The molecule has 0 N–H and O–H groups in total. The van der Waals surface area contributed by atoms with Crippen molar-refractivity contribution in [3.05, 3.63) is 57.8 Å². The van der Waals surface area contributed by atoms with Crippen LogP contribution in [0, 0.1) is 25.7 Å². The maximum atomic E-state index is 5.96. The van der Waals surface area contributed by atoms with E-state index in [1.54, 1.807) is 6.07 Å². The summed E-state index contributed by atoms with van der Waals surface area (Å²) in [6.45, 7) is 11.3. The number of fused-ring (bicyclic) bond motifs is 1. The molecule has 1 heterocycles. The topological polar surface area (TPSA) is 38.2 Å². The Kier molecular flexibility index (Phi) is 13.5. The average Bonchev–Trinajstić information content (AvgIpc) is 2.85. The smallest absolute Gasteiger partial charge is 0.140 e. The number of ether oxygens (including phenoxy) is 1. The predicted octanol–water partition coefficient (Wildman–Crippen LogP) is 9.71. The first-order valence-electron chi connectivity index (χ1n) is 13.6. The number of halogens is 2. The Morgan fingerprint density at radius 3 is 2.22 bits per heavy atom. The van der Waals surface area contributed by atoms with E-state index in [1.807, 2.05) is 63.2 Å². The van der Waals surface area contributed by atoms with Gasteiger partial charge in [-0.25, -0.2) is 9.97 Å². The number of rotatable bonds is 6. The van der Waals surface area contributed by atoms with Crippen molar-refractivity contribution in [2.24, 2.45) is 11.8 Å². The fourth-order valence-corrected chi connectivity index (χ4v) is 5.27. The molecule has 1 saturated carbocycles. The van der Waals surface area contributed by atoms with Gasteiger partial charge < -0.3 is 9.64 Å². The van der Waals surface area contributed by atoms with Crippen molar-refractivity contribution in [3.63, 3.8) is 0 Å². The summed E-state index contributed by atoms with van der Waals surface area (Å²) in [6, 6.07) is 11.6. The van der Waals surface area contributed by atoms with Crippen LogP contribution < -0.4 is 9.64 Å². The lowest BCUT2D eigenvalue weighted by atomic mass is 9.81. The standard InChI is InChI=1S/C11H13N3.C10H12Cl2O.C10H20/c1-8-12-10-7-5-4-6-9(10)11(13-8)14(2)3;1-3-4-13-10-7(2)5-8(11)6-9(10)12;1-3-4-10-7-5-9(2)6-8-10/h4-7H,1-3H3;5-6H,3-4H2,1-2H3;9-10H,3-8H2,1-2H3. The molecule has 4 rings (SSSR count). The van der Waals surface area contributed by atoms with Crippen LogP contribution in [0.5, 0.6) is 5.75 Å². The predicted molar refractivity (Wildman–Crippen MR) is 162 cm³/mol. The number of para-hydroxylation sites is 1. The minimum absolute atomic E-state index is 0.582. The molecule has 0 unspecified atom stereocenters. The fraction of sp³-hybridized carbons (Fsp3) is 0.548. The first kappa shape index (κ1) is 31.2. The molecule has 4 nitrogen and oxygen atoms in total. The zero-order valence-corrected chi connectivity index (χ0v) is 25.3. The maximum absolute atomic E-state index is 5.96. The van der Waals surface area contributed by atoms with Crippen molar-refractivity contribution in [2.75, 3.05) is 25.6 Å². The Balaban J connectivity index is 0.000000198. The van der Waals surface area contributed by atoms with Gasteiger partial charge in [-0.3, -0.25) is 0 Å². The molecule has 0 saturated heterocycles. The SMILES string of the molecule is CCCC1CCC(C)CC1.CCCOc1c(C)cc(Cl)cc1Cl.Cc1nc(N(C)C)c2ccccc2n1.